The van der Waals surface area contributed by atoms with Crippen molar-refractivity contribution in [1.82, 2.24) is 10.3 Å². The molecule has 1 aromatic carbocycles. The summed E-state index contributed by atoms with van der Waals surface area (Å²) in [5.41, 5.74) is -0.683. The van der Waals surface area contributed by atoms with E-state index >= 15 is 0 Å². The van der Waals surface area contributed by atoms with E-state index in [1.54, 1.807) is 12.1 Å². The number of rotatable bonds is 3. The molecule has 1 spiro atoms. The van der Waals surface area contributed by atoms with Gasteiger partial charge in [0.05, 0.1) is 11.1 Å². The lowest BCUT2D eigenvalue weighted by Crippen LogP contribution is -2.68. The normalized spacial score (nSPS) is 20.2. The zero-order chi connectivity index (χ0) is 16.9. The van der Waals surface area contributed by atoms with E-state index < -0.39 is 23.2 Å². The smallest absolute Gasteiger partial charge is 0.329 e. The minimum Gasteiger partial charge on any atom is -0.480 e. The Balaban J connectivity index is 1.65. The van der Waals surface area contributed by atoms with E-state index in [0.717, 1.165) is 19.3 Å². The van der Waals surface area contributed by atoms with Gasteiger partial charge >= 0.3 is 5.97 Å². The maximum Gasteiger partial charge on any atom is 0.329 e. The summed E-state index contributed by atoms with van der Waals surface area (Å²) < 4.78 is 13.9. The molecule has 0 radical (unpaired) electrons. The Morgan fingerprint density at radius 3 is 2.58 bits per heavy atom. The highest BCUT2D eigenvalue weighted by Crippen LogP contribution is 2.60. The molecule has 0 atom stereocenters. The van der Waals surface area contributed by atoms with Crippen LogP contribution in [0.4, 0.5) is 4.39 Å². The summed E-state index contributed by atoms with van der Waals surface area (Å²) in [7, 11) is 0. The Labute approximate surface area is 137 Å². The van der Waals surface area contributed by atoms with Crippen LogP contribution >= 0.6 is 0 Å². The molecule has 2 aliphatic carbocycles. The van der Waals surface area contributed by atoms with Crippen LogP contribution in [0.25, 0.3) is 10.9 Å². The first-order chi connectivity index (χ1) is 11.4. The number of nitrogens with zero attached hydrogens (tertiary/aromatic N) is 1. The number of pyridine rings is 1. The number of carbonyl (C=O) groups excluding carboxylic acids is 1. The molecule has 0 aliphatic heterocycles. The molecule has 1 aromatic heterocycles. The number of hydrogen-bond acceptors (Lipinski definition) is 3. The fourth-order valence-corrected chi connectivity index (χ4v) is 4.16. The summed E-state index contributed by atoms with van der Waals surface area (Å²) in [5, 5.41) is 12.5. The van der Waals surface area contributed by atoms with Crippen molar-refractivity contribution in [2.24, 2.45) is 5.41 Å². The molecule has 2 fully saturated rings. The second-order valence-corrected chi connectivity index (χ2v) is 7.04. The van der Waals surface area contributed by atoms with Gasteiger partial charge in [0.2, 0.25) is 0 Å². The van der Waals surface area contributed by atoms with Gasteiger partial charge in [0.25, 0.3) is 5.91 Å². The number of carboxylic acids is 1. The molecular formula is C18H17FN2O3. The lowest BCUT2D eigenvalue weighted by molar-refractivity contribution is -0.161. The zero-order valence-electron chi connectivity index (χ0n) is 13.0. The van der Waals surface area contributed by atoms with E-state index in [1.807, 2.05) is 0 Å². The van der Waals surface area contributed by atoms with Crippen LogP contribution in [0.2, 0.25) is 0 Å². The Bertz CT molecular complexity index is 852. The lowest BCUT2D eigenvalue weighted by Gasteiger charge is -2.59. The Kier molecular flexibility index (Phi) is 3.13. The van der Waals surface area contributed by atoms with E-state index in [1.165, 1.54) is 18.3 Å². The van der Waals surface area contributed by atoms with Crippen LogP contribution in [0.5, 0.6) is 0 Å². The van der Waals surface area contributed by atoms with E-state index in [-0.39, 0.29) is 21.9 Å². The maximum atomic E-state index is 13.9. The quantitative estimate of drug-likeness (QED) is 0.908. The highest BCUT2D eigenvalue weighted by molar-refractivity contribution is 6.07. The molecule has 1 amide bonds. The van der Waals surface area contributed by atoms with Crippen molar-refractivity contribution in [2.75, 3.05) is 0 Å². The average molecular weight is 328 g/mol. The van der Waals surface area contributed by atoms with Crippen LogP contribution in [0.3, 0.4) is 0 Å². The Morgan fingerprint density at radius 2 is 1.96 bits per heavy atom. The molecule has 2 N–H and O–H groups in total. The molecule has 0 saturated heterocycles. The van der Waals surface area contributed by atoms with Gasteiger partial charge in [0, 0.05) is 11.6 Å². The third-order valence-corrected chi connectivity index (χ3v) is 5.49. The number of benzene rings is 1. The molecule has 0 unspecified atom stereocenters. The van der Waals surface area contributed by atoms with Crippen LogP contribution in [0.1, 0.15) is 42.5 Å². The lowest BCUT2D eigenvalue weighted by atomic mass is 9.48. The maximum absolute atomic E-state index is 13.9. The first-order valence-electron chi connectivity index (χ1n) is 8.04. The van der Waals surface area contributed by atoms with Gasteiger partial charge in [-0.2, -0.15) is 0 Å². The summed E-state index contributed by atoms with van der Waals surface area (Å²) in [6.07, 6.45) is 5.59. The molecule has 2 saturated carbocycles. The number of fused-ring (bicyclic) bond motifs is 1. The largest absolute Gasteiger partial charge is 0.480 e. The highest BCUT2D eigenvalue weighted by atomic mass is 19.1. The number of aliphatic carboxylic acids is 1. The van der Waals surface area contributed by atoms with Crippen molar-refractivity contribution in [1.29, 1.82) is 0 Å². The molecule has 1 heterocycles. The van der Waals surface area contributed by atoms with Crippen molar-refractivity contribution in [2.45, 2.75) is 37.6 Å². The van der Waals surface area contributed by atoms with E-state index in [0.29, 0.717) is 12.8 Å². The second-order valence-electron chi connectivity index (χ2n) is 7.04. The van der Waals surface area contributed by atoms with E-state index in [2.05, 4.69) is 10.3 Å². The molecule has 4 rings (SSSR count). The van der Waals surface area contributed by atoms with Crippen molar-refractivity contribution in [3.05, 3.63) is 41.8 Å². The molecule has 124 valence electrons. The number of amides is 1. The molecule has 24 heavy (non-hydrogen) atoms. The number of carboxylic acid groups (broad SMARTS) is 1. The minimum absolute atomic E-state index is 0.0920. The fourth-order valence-electron chi connectivity index (χ4n) is 4.16. The van der Waals surface area contributed by atoms with Crippen molar-refractivity contribution in [3.63, 3.8) is 0 Å². The van der Waals surface area contributed by atoms with Crippen LogP contribution in [-0.4, -0.2) is 27.5 Å². The van der Waals surface area contributed by atoms with Gasteiger partial charge in [-0.25, -0.2) is 9.18 Å². The predicted octanol–water partition coefficient (Wildman–Crippen LogP) is 2.89. The van der Waals surface area contributed by atoms with Crippen molar-refractivity contribution < 1.29 is 19.1 Å². The molecule has 2 aliphatic rings. The van der Waals surface area contributed by atoms with Crippen LogP contribution < -0.4 is 5.32 Å². The van der Waals surface area contributed by atoms with Crippen LogP contribution in [0, 0.1) is 11.2 Å². The van der Waals surface area contributed by atoms with Crippen molar-refractivity contribution in [3.8, 4) is 0 Å². The third kappa shape index (κ3) is 2.09. The summed E-state index contributed by atoms with van der Waals surface area (Å²) in [4.78, 5) is 28.5. The van der Waals surface area contributed by atoms with Gasteiger partial charge in [0.15, 0.2) is 0 Å². The van der Waals surface area contributed by atoms with Gasteiger partial charge < -0.3 is 10.4 Å². The standard InChI is InChI=1S/C18H17FN2O3/c19-13-5-4-12(14-11(13)3-1-8-20-14)15(22)21-18(16(23)24)9-17(10-18)6-2-7-17/h1,3-5,8H,2,6-7,9-10H2,(H,21,22)(H,23,24). The summed E-state index contributed by atoms with van der Waals surface area (Å²) in [6, 6.07) is 5.71. The molecule has 0 bridgehead atoms. The monoisotopic (exact) mass is 328 g/mol. The SMILES string of the molecule is O=C(NC1(C(=O)O)CC2(CCC2)C1)c1ccc(F)c2cccnc12. The fraction of sp³-hybridized carbons (Fsp3) is 0.389. The summed E-state index contributed by atoms with van der Waals surface area (Å²) in [6.45, 7) is 0. The predicted molar refractivity (Wildman–Crippen MR) is 85.1 cm³/mol. The minimum atomic E-state index is -1.22. The first-order valence-corrected chi connectivity index (χ1v) is 8.04. The van der Waals surface area contributed by atoms with Gasteiger partial charge in [-0.15, -0.1) is 0 Å². The van der Waals surface area contributed by atoms with E-state index in [9.17, 15) is 19.1 Å². The Morgan fingerprint density at radius 1 is 1.21 bits per heavy atom. The number of hydrogen-bond donors (Lipinski definition) is 2. The summed E-state index contributed by atoms with van der Waals surface area (Å²) >= 11 is 0. The van der Waals surface area contributed by atoms with Crippen LogP contribution in [-0.2, 0) is 4.79 Å². The zero-order valence-corrected chi connectivity index (χ0v) is 13.0. The number of aromatic nitrogens is 1. The highest BCUT2D eigenvalue weighted by Gasteiger charge is 2.61. The molecule has 2 aromatic rings. The number of halogens is 1. The van der Waals surface area contributed by atoms with Gasteiger partial charge in [-0.3, -0.25) is 9.78 Å². The average Bonchev–Trinajstić information content (AvgIpc) is 2.48. The third-order valence-electron chi connectivity index (χ3n) is 5.49. The van der Waals surface area contributed by atoms with Gasteiger partial charge in [-0.05, 0) is 55.4 Å². The van der Waals surface area contributed by atoms with Gasteiger partial charge in [-0.1, -0.05) is 6.42 Å². The van der Waals surface area contributed by atoms with E-state index in [4.69, 9.17) is 0 Å². The van der Waals surface area contributed by atoms with Crippen molar-refractivity contribution >= 4 is 22.8 Å². The Hall–Kier alpha value is -2.50. The summed E-state index contributed by atoms with van der Waals surface area (Å²) in [5.74, 6) is -1.98. The number of carbonyl (C=O) groups is 2. The number of nitrogens with one attached hydrogen (secondary N) is 1. The molecule has 6 heteroatoms. The second kappa shape index (κ2) is 5.00. The topological polar surface area (TPSA) is 79.3 Å². The molecule has 5 nitrogen and oxygen atoms in total. The van der Waals surface area contributed by atoms with Gasteiger partial charge in [0.1, 0.15) is 11.4 Å². The first kappa shape index (κ1) is 15.1. The molecular weight excluding hydrogens is 311 g/mol. The van der Waals surface area contributed by atoms with Crippen LogP contribution in [0.15, 0.2) is 30.5 Å².